The summed E-state index contributed by atoms with van der Waals surface area (Å²) in [6.45, 7) is 16.1. The normalized spacial score (nSPS) is 13.8. The molecule has 1 aromatic rings. The maximum Gasteiger partial charge on any atom is 0.0547 e. The highest BCUT2D eigenvalue weighted by atomic mass is 15.1. The monoisotopic (exact) mass is 277 g/mol. The van der Waals surface area contributed by atoms with Crippen LogP contribution >= 0.6 is 0 Å². The molecule has 1 atom stereocenters. The molecular weight excluding hydrogens is 246 g/mol. The van der Waals surface area contributed by atoms with Gasteiger partial charge in [0.2, 0.25) is 0 Å². The lowest BCUT2D eigenvalue weighted by atomic mass is 10.1. The van der Waals surface area contributed by atoms with Crippen molar-refractivity contribution in [2.75, 3.05) is 6.54 Å². The van der Waals surface area contributed by atoms with Crippen molar-refractivity contribution in [2.24, 2.45) is 0 Å². The minimum Gasteiger partial charge on any atom is -0.306 e. The van der Waals surface area contributed by atoms with Crippen LogP contribution in [0.3, 0.4) is 0 Å². The van der Waals surface area contributed by atoms with Gasteiger partial charge in [0.1, 0.15) is 0 Å². The molecule has 1 N–H and O–H groups in total. The van der Waals surface area contributed by atoms with Crippen molar-refractivity contribution < 1.29 is 0 Å². The number of hydrogen-bond acceptors (Lipinski definition) is 3. The molecule has 3 nitrogen and oxygen atoms in total. The Hall–Kier alpha value is -0.930. The summed E-state index contributed by atoms with van der Waals surface area (Å²) < 4.78 is 0. The Morgan fingerprint density at radius 2 is 1.85 bits per heavy atom. The van der Waals surface area contributed by atoms with Gasteiger partial charge in [-0.2, -0.15) is 0 Å². The third-order valence-electron chi connectivity index (χ3n) is 3.65. The average Bonchev–Trinajstić information content (AvgIpc) is 2.41. The fraction of sp³-hybridized carbons (Fsp3) is 0.706. The summed E-state index contributed by atoms with van der Waals surface area (Å²) >= 11 is 0. The zero-order chi connectivity index (χ0) is 15.2. The highest BCUT2D eigenvalue weighted by molar-refractivity contribution is 5.11. The standard InChI is InChI=1S/C17H31N3/c1-7-14(3)20(8-2)13-16-11-9-10-15(19-16)12-18-17(4,5)6/h9-11,14,18H,7-8,12-13H2,1-6H3. The van der Waals surface area contributed by atoms with Gasteiger partial charge >= 0.3 is 0 Å². The molecule has 0 radical (unpaired) electrons. The van der Waals surface area contributed by atoms with Crippen LogP contribution in [-0.4, -0.2) is 28.0 Å². The highest BCUT2D eigenvalue weighted by Crippen LogP contribution is 2.10. The third kappa shape index (κ3) is 6.02. The van der Waals surface area contributed by atoms with Gasteiger partial charge in [0.15, 0.2) is 0 Å². The van der Waals surface area contributed by atoms with Gasteiger partial charge in [0.05, 0.1) is 11.4 Å². The van der Waals surface area contributed by atoms with Crippen molar-refractivity contribution in [3.8, 4) is 0 Å². The van der Waals surface area contributed by atoms with E-state index in [0.717, 1.165) is 25.3 Å². The van der Waals surface area contributed by atoms with Crippen LogP contribution in [0.15, 0.2) is 18.2 Å². The summed E-state index contributed by atoms with van der Waals surface area (Å²) in [5, 5.41) is 3.49. The second-order valence-corrected chi connectivity index (χ2v) is 6.54. The smallest absolute Gasteiger partial charge is 0.0547 e. The van der Waals surface area contributed by atoms with Crippen molar-refractivity contribution in [3.63, 3.8) is 0 Å². The van der Waals surface area contributed by atoms with Crippen molar-refractivity contribution in [3.05, 3.63) is 29.6 Å². The summed E-state index contributed by atoms with van der Waals surface area (Å²) in [6.07, 6.45) is 1.18. The maximum absolute atomic E-state index is 4.78. The van der Waals surface area contributed by atoms with E-state index in [1.165, 1.54) is 12.1 Å². The number of nitrogens with zero attached hydrogens (tertiary/aromatic N) is 2. The molecule has 0 bridgehead atoms. The van der Waals surface area contributed by atoms with Gasteiger partial charge in [0.25, 0.3) is 0 Å². The second kappa shape index (κ2) is 7.75. The van der Waals surface area contributed by atoms with Gasteiger partial charge < -0.3 is 5.32 Å². The summed E-state index contributed by atoms with van der Waals surface area (Å²) in [5.41, 5.74) is 2.42. The molecule has 0 spiro atoms. The maximum atomic E-state index is 4.78. The van der Waals surface area contributed by atoms with E-state index in [2.05, 4.69) is 70.0 Å². The lowest BCUT2D eigenvalue weighted by molar-refractivity contribution is 0.203. The first kappa shape index (κ1) is 17.1. The molecule has 1 rings (SSSR count). The number of nitrogens with one attached hydrogen (secondary N) is 1. The van der Waals surface area contributed by atoms with Gasteiger partial charge in [-0.25, -0.2) is 0 Å². The number of pyridine rings is 1. The summed E-state index contributed by atoms with van der Waals surface area (Å²) in [7, 11) is 0. The van der Waals surface area contributed by atoms with Gasteiger partial charge in [0, 0.05) is 24.7 Å². The second-order valence-electron chi connectivity index (χ2n) is 6.54. The fourth-order valence-corrected chi connectivity index (χ4v) is 2.12. The van der Waals surface area contributed by atoms with Crippen molar-refractivity contribution in [2.45, 2.75) is 72.6 Å². The Bertz CT molecular complexity index is 395. The number of rotatable bonds is 7. The molecule has 114 valence electrons. The van der Waals surface area contributed by atoms with E-state index in [1.54, 1.807) is 0 Å². The minimum atomic E-state index is 0.129. The first-order valence-electron chi connectivity index (χ1n) is 7.79. The molecule has 0 aromatic carbocycles. The topological polar surface area (TPSA) is 28.2 Å². The summed E-state index contributed by atoms with van der Waals surface area (Å²) in [5.74, 6) is 0. The van der Waals surface area contributed by atoms with E-state index in [9.17, 15) is 0 Å². The molecule has 0 fully saturated rings. The quantitative estimate of drug-likeness (QED) is 0.825. The Balaban J connectivity index is 2.67. The summed E-state index contributed by atoms with van der Waals surface area (Å²) in [6, 6.07) is 6.96. The van der Waals surface area contributed by atoms with E-state index in [0.29, 0.717) is 6.04 Å². The van der Waals surface area contributed by atoms with E-state index in [-0.39, 0.29) is 5.54 Å². The molecule has 1 heterocycles. The first-order valence-corrected chi connectivity index (χ1v) is 7.79. The molecular formula is C17H31N3. The molecule has 0 amide bonds. The minimum absolute atomic E-state index is 0.129. The van der Waals surface area contributed by atoms with E-state index < -0.39 is 0 Å². The lowest BCUT2D eigenvalue weighted by Crippen LogP contribution is -2.35. The fourth-order valence-electron chi connectivity index (χ4n) is 2.12. The van der Waals surface area contributed by atoms with Crippen molar-refractivity contribution in [1.82, 2.24) is 15.2 Å². The van der Waals surface area contributed by atoms with Gasteiger partial charge in [-0.15, -0.1) is 0 Å². The highest BCUT2D eigenvalue weighted by Gasteiger charge is 2.12. The van der Waals surface area contributed by atoms with Crippen molar-refractivity contribution >= 4 is 0 Å². The first-order chi connectivity index (χ1) is 9.35. The van der Waals surface area contributed by atoms with E-state index in [1.807, 2.05) is 0 Å². The Morgan fingerprint density at radius 1 is 1.20 bits per heavy atom. The van der Waals surface area contributed by atoms with Crippen LogP contribution in [0.5, 0.6) is 0 Å². The van der Waals surface area contributed by atoms with E-state index in [4.69, 9.17) is 4.98 Å². The van der Waals surface area contributed by atoms with Gasteiger partial charge in [-0.05, 0) is 52.8 Å². The largest absolute Gasteiger partial charge is 0.306 e. The summed E-state index contributed by atoms with van der Waals surface area (Å²) in [4.78, 5) is 7.25. The SMILES string of the molecule is CCC(C)N(CC)Cc1cccc(CNC(C)(C)C)n1. The van der Waals surface area contributed by atoms with E-state index >= 15 is 0 Å². The molecule has 0 saturated heterocycles. The van der Waals surface area contributed by atoms with Crippen LogP contribution in [0.4, 0.5) is 0 Å². The number of aromatic nitrogens is 1. The van der Waals surface area contributed by atoms with Gasteiger partial charge in [-0.3, -0.25) is 9.88 Å². The number of hydrogen-bond donors (Lipinski definition) is 1. The van der Waals surface area contributed by atoms with Gasteiger partial charge in [-0.1, -0.05) is 19.9 Å². The van der Waals surface area contributed by atoms with Crippen LogP contribution in [0.2, 0.25) is 0 Å². The van der Waals surface area contributed by atoms with Crippen LogP contribution in [0.1, 0.15) is 59.4 Å². The molecule has 1 unspecified atom stereocenters. The Labute approximate surface area is 124 Å². The molecule has 0 saturated carbocycles. The van der Waals surface area contributed by atoms with Crippen molar-refractivity contribution in [1.29, 1.82) is 0 Å². The van der Waals surface area contributed by atoms with Crippen LogP contribution < -0.4 is 5.32 Å². The molecule has 1 aromatic heterocycles. The van der Waals surface area contributed by atoms with Crippen LogP contribution in [-0.2, 0) is 13.1 Å². The van der Waals surface area contributed by atoms with Crippen LogP contribution in [0.25, 0.3) is 0 Å². The third-order valence-corrected chi connectivity index (χ3v) is 3.65. The molecule has 3 heteroatoms. The zero-order valence-electron chi connectivity index (χ0n) is 14.0. The Morgan fingerprint density at radius 3 is 2.40 bits per heavy atom. The molecule has 0 aliphatic heterocycles. The lowest BCUT2D eigenvalue weighted by Gasteiger charge is -2.26. The molecule has 0 aliphatic carbocycles. The predicted octanol–water partition coefficient (Wildman–Crippen LogP) is 3.59. The van der Waals surface area contributed by atoms with Crippen LogP contribution in [0, 0.1) is 0 Å². The Kier molecular flexibility index (Phi) is 6.63. The molecule has 0 aliphatic rings. The molecule has 20 heavy (non-hydrogen) atoms. The average molecular weight is 277 g/mol. The zero-order valence-corrected chi connectivity index (χ0v) is 14.0. The predicted molar refractivity (Wildman–Crippen MR) is 86.7 cm³/mol.